The largest absolute Gasteiger partial charge is 0.397 e. The molecule has 3 rings (SSSR count). The van der Waals surface area contributed by atoms with Crippen LogP contribution in [0.2, 0.25) is 0 Å². The highest BCUT2D eigenvalue weighted by Crippen LogP contribution is 2.45. The second kappa shape index (κ2) is 3.40. The Kier molecular flexibility index (Phi) is 2.04. The number of hydrogen-bond acceptors (Lipinski definition) is 3. The summed E-state index contributed by atoms with van der Waals surface area (Å²) in [5.74, 6) is 1.86. The lowest BCUT2D eigenvalue weighted by molar-refractivity contribution is 0.439. The molecule has 2 bridgehead atoms. The summed E-state index contributed by atoms with van der Waals surface area (Å²) in [4.78, 5) is 4.10. The molecule has 2 saturated carbocycles. The van der Waals surface area contributed by atoms with Crippen molar-refractivity contribution in [3.63, 3.8) is 0 Å². The third kappa shape index (κ3) is 1.66. The van der Waals surface area contributed by atoms with Crippen LogP contribution in [0, 0.1) is 11.8 Å². The first-order valence-electron chi connectivity index (χ1n) is 5.78. The molecule has 2 aliphatic carbocycles. The van der Waals surface area contributed by atoms with E-state index in [4.69, 9.17) is 5.73 Å². The van der Waals surface area contributed by atoms with Gasteiger partial charge in [-0.3, -0.25) is 4.98 Å². The molecule has 1 heterocycles. The van der Waals surface area contributed by atoms with E-state index >= 15 is 0 Å². The molecular weight excluding hydrogens is 186 g/mol. The minimum absolute atomic E-state index is 0.660. The Morgan fingerprint density at radius 2 is 2.20 bits per heavy atom. The first-order valence-corrected chi connectivity index (χ1v) is 5.78. The van der Waals surface area contributed by atoms with E-state index in [1.165, 1.54) is 25.7 Å². The zero-order chi connectivity index (χ0) is 10.3. The zero-order valence-electron chi connectivity index (χ0n) is 8.82. The van der Waals surface area contributed by atoms with Gasteiger partial charge in [0.1, 0.15) is 0 Å². The van der Waals surface area contributed by atoms with Gasteiger partial charge in [-0.25, -0.2) is 0 Å². The first-order chi connectivity index (χ1) is 7.31. The van der Waals surface area contributed by atoms with Crippen LogP contribution in [0.5, 0.6) is 0 Å². The maximum Gasteiger partial charge on any atom is 0.0549 e. The summed E-state index contributed by atoms with van der Waals surface area (Å²) in [5, 5.41) is 3.57. The van der Waals surface area contributed by atoms with Crippen molar-refractivity contribution >= 4 is 11.4 Å². The number of aromatic nitrogens is 1. The van der Waals surface area contributed by atoms with Crippen molar-refractivity contribution in [3.05, 3.63) is 18.5 Å². The number of rotatable bonds is 2. The lowest BCUT2D eigenvalue weighted by atomic mass is 9.95. The molecule has 3 N–H and O–H groups in total. The maximum absolute atomic E-state index is 5.71. The standard InChI is InChI=1S/C12H17N3/c13-10-5-11(7-14-6-10)15-12-4-8-1-2-9(12)3-8/h5-9,12,15H,1-4,13H2. The smallest absolute Gasteiger partial charge is 0.0549 e. The zero-order valence-corrected chi connectivity index (χ0v) is 8.82. The van der Waals surface area contributed by atoms with Crippen molar-refractivity contribution in [1.82, 2.24) is 4.98 Å². The summed E-state index contributed by atoms with van der Waals surface area (Å²) in [5.41, 5.74) is 7.52. The van der Waals surface area contributed by atoms with Gasteiger partial charge in [-0.2, -0.15) is 0 Å². The van der Waals surface area contributed by atoms with E-state index in [-0.39, 0.29) is 0 Å². The molecule has 0 aromatic carbocycles. The summed E-state index contributed by atoms with van der Waals surface area (Å²) >= 11 is 0. The molecule has 3 heteroatoms. The molecule has 2 fully saturated rings. The fourth-order valence-corrected chi connectivity index (χ4v) is 3.17. The van der Waals surface area contributed by atoms with E-state index in [0.717, 1.165) is 23.2 Å². The first kappa shape index (κ1) is 9.01. The Balaban J connectivity index is 1.71. The molecule has 3 nitrogen and oxygen atoms in total. The van der Waals surface area contributed by atoms with Crippen LogP contribution in [-0.2, 0) is 0 Å². The fraction of sp³-hybridized carbons (Fsp3) is 0.583. The number of fused-ring (bicyclic) bond motifs is 2. The highest BCUT2D eigenvalue weighted by molar-refractivity contribution is 5.52. The Morgan fingerprint density at radius 3 is 2.87 bits per heavy atom. The highest BCUT2D eigenvalue weighted by atomic mass is 15.0. The predicted molar refractivity (Wildman–Crippen MR) is 61.5 cm³/mol. The van der Waals surface area contributed by atoms with Gasteiger partial charge < -0.3 is 11.1 Å². The van der Waals surface area contributed by atoms with Gasteiger partial charge in [0.25, 0.3) is 0 Å². The molecule has 0 amide bonds. The van der Waals surface area contributed by atoms with E-state index in [0.29, 0.717) is 6.04 Å². The van der Waals surface area contributed by atoms with Crippen molar-refractivity contribution < 1.29 is 0 Å². The number of anilines is 2. The number of nitrogens with zero attached hydrogens (tertiary/aromatic N) is 1. The van der Waals surface area contributed by atoms with Crippen molar-refractivity contribution in [1.29, 1.82) is 0 Å². The monoisotopic (exact) mass is 203 g/mol. The molecule has 0 radical (unpaired) electrons. The Hall–Kier alpha value is -1.25. The van der Waals surface area contributed by atoms with E-state index in [2.05, 4.69) is 10.3 Å². The van der Waals surface area contributed by atoms with Crippen LogP contribution in [0.15, 0.2) is 18.5 Å². The van der Waals surface area contributed by atoms with Crippen LogP contribution in [-0.4, -0.2) is 11.0 Å². The van der Waals surface area contributed by atoms with Gasteiger partial charge in [-0.1, -0.05) is 6.42 Å². The predicted octanol–water partition coefficient (Wildman–Crippen LogP) is 2.26. The van der Waals surface area contributed by atoms with Gasteiger partial charge >= 0.3 is 0 Å². The number of nitrogens with one attached hydrogen (secondary N) is 1. The van der Waals surface area contributed by atoms with Gasteiger partial charge in [0.2, 0.25) is 0 Å². The van der Waals surface area contributed by atoms with Crippen LogP contribution in [0.25, 0.3) is 0 Å². The van der Waals surface area contributed by atoms with Crippen molar-refractivity contribution in [2.45, 2.75) is 31.7 Å². The summed E-state index contributed by atoms with van der Waals surface area (Å²) < 4.78 is 0. The lowest BCUT2D eigenvalue weighted by Gasteiger charge is -2.23. The molecule has 80 valence electrons. The molecule has 0 aliphatic heterocycles. The second-order valence-electron chi connectivity index (χ2n) is 4.93. The molecule has 3 unspecified atom stereocenters. The summed E-state index contributed by atoms with van der Waals surface area (Å²) in [6.45, 7) is 0. The lowest BCUT2D eigenvalue weighted by Crippen LogP contribution is -2.25. The van der Waals surface area contributed by atoms with Gasteiger partial charge in [-0.15, -0.1) is 0 Å². The third-order valence-electron chi connectivity index (χ3n) is 3.85. The number of nitrogens with two attached hydrogens (primary N) is 1. The highest BCUT2D eigenvalue weighted by Gasteiger charge is 2.39. The second-order valence-corrected chi connectivity index (χ2v) is 4.93. The SMILES string of the molecule is Nc1cncc(NC2CC3CCC2C3)c1. The van der Waals surface area contributed by atoms with Gasteiger partial charge in [0.05, 0.1) is 17.6 Å². The molecule has 0 spiro atoms. The summed E-state index contributed by atoms with van der Waals surface area (Å²) in [6.07, 6.45) is 9.15. The average Bonchev–Trinajstić information content (AvgIpc) is 2.79. The molecule has 2 aliphatic rings. The van der Waals surface area contributed by atoms with Crippen LogP contribution < -0.4 is 11.1 Å². The van der Waals surface area contributed by atoms with E-state index in [1.54, 1.807) is 6.20 Å². The topological polar surface area (TPSA) is 50.9 Å². The summed E-state index contributed by atoms with van der Waals surface area (Å²) in [6, 6.07) is 2.63. The molecule has 3 atom stereocenters. The van der Waals surface area contributed by atoms with Crippen molar-refractivity contribution in [3.8, 4) is 0 Å². The van der Waals surface area contributed by atoms with Gasteiger partial charge in [0.15, 0.2) is 0 Å². The average molecular weight is 203 g/mol. The molecule has 0 saturated heterocycles. The minimum atomic E-state index is 0.660. The van der Waals surface area contributed by atoms with Gasteiger partial charge in [-0.05, 0) is 37.2 Å². The minimum Gasteiger partial charge on any atom is -0.397 e. The normalized spacial score (nSPS) is 33.2. The number of hydrogen-bond donors (Lipinski definition) is 2. The van der Waals surface area contributed by atoms with E-state index in [1.807, 2.05) is 12.3 Å². The van der Waals surface area contributed by atoms with Crippen LogP contribution in [0.1, 0.15) is 25.7 Å². The maximum atomic E-state index is 5.71. The number of pyridine rings is 1. The Labute approximate surface area is 90.1 Å². The molecule has 1 aromatic rings. The van der Waals surface area contributed by atoms with Gasteiger partial charge in [0, 0.05) is 12.2 Å². The third-order valence-corrected chi connectivity index (χ3v) is 3.85. The summed E-state index contributed by atoms with van der Waals surface area (Å²) in [7, 11) is 0. The Bertz CT molecular complexity index is 364. The Morgan fingerprint density at radius 1 is 1.27 bits per heavy atom. The molecular formula is C12H17N3. The van der Waals surface area contributed by atoms with Crippen LogP contribution in [0.3, 0.4) is 0 Å². The van der Waals surface area contributed by atoms with E-state index < -0.39 is 0 Å². The van der Waals surface area contributed by atoms with E-state index in [9.17, 15) is 0 Å². The molecule has 15 heavy (non-hydrogen) atoms. The van der Waals surface area contributed by atoms with Crippen molar-refractivity contribution in [2.75, 3.05) is 11.1 Å². The molecule has 1 aromatic heterocycles. The van der Waals surface area contributed by atoms with Crippen LogP contribution >= 0.6 is 0 Å². The quantitative estimate of drug-likeness (QED) is 0.775. The van der Waals surface area contributed by atoms with Crippen molar-refractivity contribution in [2.24, 2.45) is 11.8 Å². The number of nitrogen functional groups attached to an aromatic ring is 1. The van der Waals surface area contributed by atoms with Crippen LogP contribution in [0.4, 0.5) is 11.4 Å². The fourth-order valence-electron chi connectivity index (χ4n) is 3.17.